The van der Waals surface area contributed by atoms with Crippen LogP contribution in [-0.2, 0) is 107 Å². The fourth-order valence-electron chi connectivity index (χ4n) is 18.0. The number of hydrogen-bond acceptors (Lipinski definition) is 23. The maximum absolute atomic E-state index is 14.0. The zero-order chi connectivity index (χ0) is 101. The highest BCUT2D eigenvalue weighted by molar-refractivity contribution is 7.93. The molecule has 9 aromatic carbocycles. The number of fused-ring (bicyclic) bond motifs is 6. The quantitative estimate of drug-likeness (QED) is 0.0287. The van der Waals surface area contributed by atoms with E-state index in [1.165, 1.54) is 29.1 Å². The normalized spacial score (nSPS) is 17.5. The Morgan fingerprint density at radius 1 is 0.367 bits per heavy atom. The average molecular weight is 2000 g/mol. The standard InChI is InChI=1S/C25H33NO6S.C21H25NO6S.C19H23NO4S.C15H19NO4.C15H21NO3.C10H13NO.ClH/c1-17-13-21(30-6)14-18(2)24(17)33(28,29)26-20(12-11-19-9-7-8-10-22(19)26)15-31-16-23(27)32-25(3,4)5;1-14-10-18(27-3)11-15(2)21(14)29(25,26)22-17(12-28-13-20(23)24)9-8-16-6-4-5-7-19(16)22;1-13-10-17(24-3)11-14(2)19(13)25(22,23)20-16(12-21)9-8-15-6-4-5-7-18(15)20;1-15(2,3)20-14(19)16-11-7-5-4-6-10(11)8-9-12(16)13(17)18;1-15(2,3)19-14(18)16-12(10-17)9-8-11-6-4-5-7-13(11)16;12-7-9-6-5-8-3-1-2-4-10(8)11-9;/h7-10,13-14,20H,11-12,15-16H2,1-6H3;4-7,10-11,17H,8-9,12-13H2,1-3H3,(H,23,24);4-7,10-11,16,21H,8-9,12H2,1-3H3;4-7,12H,8-9H2,1-3H3,(H,17,18);4-7,12,17H,8-10H2,1-3H3;1-4,9,11-12H,5-7H2;1H/t20-;17-;16-;2*12-;9-;/m000000./s1. The molecule has 0 radical (unpaired) electrons. The third-order valence-corrected chi connectivity index (χ3v) is 30.3. The molecule has 0 aliphatic carbocycles. The number of carboxylic acids is 2. The predicted octanol–water partition coefficient (Wildman–Crippen LogP) is 17.3. The van der Waals surface area contributed by atoms with E-state index in [9.17, 15) is 64.5 Å². The predicted molar refractivity (Wildman–Crippen MR) is 540 cm³/mol. The molecule has 754 valence electrons. The van der Waals surface area contributed by atoms with Gasteiger partial charge in [0.2, 0.25) is 0 Å². The van der Waals surface area contributed by atoms with Crippen molar-refractivity contribution in [2.24, 2.45) is 0 Å². The summed E-state index contributed by atoms with van der Waals surface area (Å²) < 4.78 is 130. The molecule has 0 spiro atoms. The van der Waals surface area contributed by atoms with E-state index in [4.69, 9.17) is 48.1 Å². The molecule has 15 rings (SSSR count). The molecule has 6 aliphatic rings. The summed E-state index contributed by atoms with van der Waals surface area (Å²) in [5.74, 6) is -0.732. The minimum absolute atomic E-state index is 0. The van der Waals surface area contributed by atoms with Gasteiger partial charge in [0.15, 0.2) is 0 Å². The molecule has 0 aromatic heterocycles. The van der Waals surface area contributed by atoms with Crippen LogP contribution < -0.4 is 42.2 Å². The summed E-state index contributed by atoms with van der Waals surface area (Å²) >= 11 is 0. The van der Waals surface area contributed by atoms with Gasteiger partial charge >= 0.3 is 30.1 Å². The number of ether oxygens (including phenoxy) is 8. The number of anilines is 6. The van der Waals surface area contributed by atoms with Crippen LogP contribution in [0.2, 0.25) is 0 Å². The minimum Gasteiger partial charge on any atom is -0.497 e. The van der Waals surface area contributed by atoms with Gasteiger partial charge in [-0.25, -0.2) is 49.2 Å². The first-order chi connectivity index (χ1) is 65.2. The number of nitrogens with zero attached hydrogens (tertiary/aromatic N) is 5. The fourth-order valence-corrected chi connectivity index (χ4v) is 24.4. The summed E-state index contributed by atoms with van der Waals surface area (Å²) in [6.45, 7) is 26.1. The molecule has 2 amide bonds. The van der Waals surface area contributed by atoms with Gasteiger partial charge < -0.3 is 68.7 Å². The van der Waals surface area contributed by atoms with Crippen molar-refractivity contribution >= 4 is 107 Å². The molecule has 6 N–H and O–H groups in total. The van der Waals surface area contributed by atoms with E-state index in [1.54, 1.807) is 170 Å². The van der Waals surface area contributed by atoms with Crippen molar-refractivity contribution in [3.8, 4) is 17.2 Å². The highest BCUT2D eigenvalue weighted by atomic mass is 35.5. The third kappa shape index (κ3) is 28.2. The Labute approximate surface area is 824 Å². The van der Waals surface area contributed by atoms with Crippen molar-refractivity contribution in [1.82, 2.24) is 0 Å². The molecule has 30 nitrogen and oxygen atoms in total. The number of carbonyl (C=O) groups excluding carboxylic acids is 3. The summed E-state index contributed by atoms with van der Waals surface area (Å²) in [6.07, 6.45) is 7.69. The molecule has 139 heavy (non-hydrogen) atoms. The van der Waals surface area contributed by atoms with Gasteiger partial charge in [-0.3, -0.25) is 22.7 Å². The molecule has 0 fully saturated rings. The van der Waals surface area contributed by atoms with Gasteiger partial charge in [0.05, 0.1) is 122 Å². The lowest BCUT2D eigenvalue weighted by Gasteiger charge is -2.38. The Balaban J connectivity index is 0.000000190. The fraction of sp³-hybridized carbons (Fsp3) is 0.438. The number of aliphatic hydroxyl groups excluding tert-OH is 3. The van der Waals surface area contributed by atoms with Crippen LogP contribution in [0.5, 0.6) is 17.2 Å². The highest BCUT2D eigenvalue weighted by Gasteiger charge is 2.44. The van der Waals surface area contributed by atoms with Gasteiger partial charge in [0.1, 0.15) is 53.3 Å². The van der Waals surface area contributed by atoms with E-state index in [0.717, 1.165) is 72.0 Å². The number of benzene rings is 9. The van der Waals surface area contributed by atoms with Crippen LogP contribution in [0.25, 0.3) is 0 Å². The molecule has 0 unspecified atom stereocenters. The van der Waals surface area contributed by atoms with E-state index >= 15 is 0 Å². The van der Waals surface area contributed by atoms with Gasteiger partial charge in [0.25, 0.3) is 30.1 Å². The Morgan fingerprint density at radius 2 is 0.662 bits per heavy atom. The van der Waals surface area contributed by atoms with Crippen molar-refractivity contribution in [3.05, 3.63) is 249 Å². The first-order valence-corrected chi connectivity index (χ1v) is 50.5. The third-order valence-electron chi connectivity index (χ3n) is 23.8. The molecular formula is C105H135ClN6O24S3. The SMILES string of the molecule is CC(C)(C)OC(=O)N1c2ccccc2CC[C@H]1C(=O)O.CC(C)(C)OC(=O)N1c2ccccc2CC[C@H]1CO.COc1cc(C)c(S(=O)(=O)N2c3ccccc3CC[C@H]2CO)c(C)c1.COc1cc(C)c(S(=O)(=O)N2c3ccccc3CC[C@H]2COCC(=O)O)c(C)c1.COc1cc(C)c(S(=O)(=O)N2c3ccccc3CC[C@H]2COCC(=O)OC(C)(C)C)c(C)c1.Cl.OC[C@@H]1CCc2ccccc2N1. The first kappa shape index (κ1) is 111. The Bertz CT molecular complexity index is 6070. The second-order valence-corrected chi connectivity index (χ2v) is 43.0. The molecule has 0 bridgehead atoms. The van der Waals surface area contributed by atoms with E-state index in [0.29, 0.717) is 112 Å². The highest BCUT2D eigenvalue weighted by Crippen LogP contribution is 2.44. The van der Waals surface area contributed by atoms with Gasteiger partial charge in [-0.1, -0.05) is 109 Å². The number of rotatable bonds is 21. The van der Waals surface area contributed by atoms with Crippen LogP contribution in [0.4, 0.5) is 43.7 Å². The second kappa shape index (κ2) is 48.6. The average Bonchev–Trinajstić information content (AvgIpc) is 0.749. The summed E-state index contributed by atoms with van der Waals surface area (Å²) in [5, 5.41) is 49.7. The number of nitrogens with one attached hydrogen (secondary N) is 1. The molecular weight excluding hydrogens is 1860 g/mol. The summed E-state index contributed by atoms with van der Waals surface area (Å²) in [4.78, 5) is 62.6. The number of para-hydroxylation sites is 6. The summed E-state index contributed by atoms with van der Waals surface area (Å²) in [6, 6.07) is 53.9. The van der Waals surface area contributed by atoms with Gasteiger partial charge in [0, 0.05) is 11.7 Å². The molecule has 6 atom stereocenters. The van der Waals surface area contributed by atoms with Crippen LogP contribution in [-0.4, -0.2) is 202 Å². The lowest BCUT2D eigenvalue weighted by molar-refractivity contribution is -0.160. The van der Waals surface area contributed by atoms with Gasteiger partial charge in [-0.05, 0) is 320 Å². The molecule has 6 aliphatic heterocycles. The number of methoxy groups -OCH3 is 3. The molecule has 6 heterocycles. The van der Waals surface area contributed by atoms with Crippen LogP contribution in [0.1, 0.15) is 168 Å². The Hall–Kier alpha value is -11.5. The number of aliphatic carboxylic acids is 2. The van der Waals surface area contributed by atoms with Gasteiger partial charge in [-0.15, -0.1) is 12.4 Å². The number of esters is 1. The van der Waals surface area contributed by atoms with Crippen LogP contribution in [0, 0.1) is 41.5 Å². The maximum atomic E-state index is 14.0. The number of aryl methyl sites for hydroxylation is 12. The summed E-state index contributed by atoms with van der Waals surface area (Å²) in [5.41, 5.74) is 12.8. The minimum atomic E-state index is -3.91. The van der Waals surface area contributed by atoms with Crippen LogP contribution in [0.15, 0.2) is 197 Å². The molecule has 34 heteroatoms. The van der Waals surface area contributed by atoms with E-state index in [1.807, 2.05) is 124 Å². The number of carbonyl (C=O) groups is 5. The smallest absolute Gasteiger partial charge is 0.415 e. The largest absolute Gasteiger partial charge is 0.497 e. The zero-order valence-electron chi connectivity index (χ0n) is 82.6. The van der Waals surface area contributed by atoms with E-state index in [2.05, 4.69) is 23.5 Å². The number of halogens is 1. The second-order valence-electron chi connectivity index (χ2n) is 37.8. The maximum Gasteiger partial charge on any atom is 0.415 e. The van der Waals surface area contributed by atoms with Crippen LogP contribution >= 0.6 is 12.4 Å². The van der Waals surface area contributed by atoms with Crippen molar-refractivity contribution in [1.29, 1.82) is 0 Å². The Morgan fingerprint density at radius 3 is 1.01 bits per heavy atom. The number of carboxylic acid groups (broad SMARTS) is 2. The van der Waals surface area contributed by atoms with Crippen molar-refractivity contribution < 1.29 is 113 Å². The lowest BCUT2D eigenvalue weighted by atomic mass is 9.96. The molecule has 0 saturated carbocycles. The number of hydrogen-bond donors (Lipinski definition) is 6. The van der Waals surface area contributed by atoms with Crippen molar-refractivity contribution in [3.63, 3.8) is 0 Å². The number of sulfonamides is 3. The molecule has 0 saturated heterocycles. The van der Waals surface area contributed by atoms with Gasteiger partial charge in [-0.2, -0.15) is 0 Å². The van der Waals surface area contributed by atoms with E-state index < -0.39 is 108 Å². The Kier molecular flexibility index (Phi) is 38.8. The molecule has 9 aromatic rings. The van der Waals surface area contributed by atoms with Crippen LogP contribution in [0.3, 0.4) is 0 Å². The first-order valence-electron chi connectivity index (χ1n) is 46.2. The van der Waals surface area contributed by atoms with Crippen molar-refractivity contribution in [2.75, 3.05) is 95.6 Å². The monoisotopic (exact) mass is 1990 g/mol. The van der Waals surface area contributed by atoms with E-state index in [-0.39, 0.29) is 78.8 Å². The summed E-state index contributed by atoms with van der Waals surface area (Å²) in [7, 11) is -6.97. The number of amides is 2. The number of aliphatic hydroxyl groups is 3. The lowest BCUT2D eigenvalue weighted by Crippen LogP contribution is -2.50. The van der Waals surface area contributed by atoms with Crippen molar-refractivity contribution in [2.45, 2.75) is 249 Å². The topological polar surface area (TPSA) is 391 Å². The zero-order valence-corrected chi connectivity index (χ0v) is 85.8.